The highest BCUT2D eigenvalue weighted by atomic mass is 14.8. The monoisotopic (exact) mass is 580 g/mol. The van der Waals surface area contributed by atoms with Crippen molar-refractivity contribution in [3.8, 4) is 33.5 Å². The van der Waals surface area contributed by atoms with E-state index in [4.69, 9.17) is 9.97 Å². The molecule has 0 fully saturated rings. The van der Waals surface area contributed by atoms with E-state index < -0.39 is 5.41 Å². The van der Waals surface area contributed by atoms with Crippen LogP contribution in [0.1, 0.15) is 22.3 Å². The topological polar surface area (TPSA) is 25.8 Å². The number of hydrogen-bond donors (Lipinski definition) is 0. The summed E-state index contributed by atoms with van der Waals surface area (Å²) in [4.78, 5) is 9.99. The van der Waals surface area contributed by atoms with E-state index in [1.165, 1.54) is 60.9 Å². The Morgan fingerprint density at radius 1 is 0.457 bits per heavy atom. The minimum atomic E-state index is -0.437. The third-order valence-electron chi connectivity index (χ3n) is 10.8. The van der Waals surface area contributed by atoms with Gasteiger partial charge in [-0.2, -0.15) is 0 Å². The number of benzene rings is 6. The predicted octanol–water partition coefficient (Wildman–Crippen LogP) is 7.62. The summed E-state index contributed by atoms with van der Waals surface area (Å²) < 4.78 is 0. The Morgan fingerprint density at radius 2 is 1.15 bits per heavy atom. The first-order valence-electron chi connectivity index (χ1n) is 16.0. The van der Waals surface area contributed by atoms with Gasteiger partial charge in [0.15, 0.2) is 0 Å². The molecule has 11 rings (SSSR count). The Kier molecular flexibility index (Phi) is 4.63. The van der Waals surface area contributed by atoms with Crippen molar-refractivity contribution in [2.45, 2.75) is 5.41 Å². The van der Waals surface area contributed by atoms with E-state index >= 15 is 0 Å². The fourth-order valence-electron chi connectivity index (χ4n) is 9.05. The highest BCUT2D eigenvalue weighted by Crippen LogP contribution is 2.57. The van der Waals surface area contributed by atoms with Crippen molar-refractivity contribution in [2.24, 2.45) is 0 Å². The van der Waals surface area contributed by atoms with Gasteiger partial charge in [-0.3, -0.25) is 4.98 Å². The van der Waals surface area contributed by atoms with Crippen molar-refractivity contribution in [1.29, 1.82) is 0 Å². The predicted molar refractivity (Wildman–Crippen MR) is 190 cm³/mol. The normalized spacial score (nSPS) is 16.3. The molecule has 1 atom stereocenters. The molecule has 2 nitrogen and oxygen atoms in total. The maximum atomic E-state index is 5.27. The van der Waals surface area contributed by atoms with E-state index in [-0.39, 0.29) is 6.71 Å². The van der Waals surface area contributed by atoms with Crippen molar-refractivity contribution < 1.29 is 0 Å². The summed E-state index contributed by atoms with van der Waals surface area (Å²) in [6, 6.07) is 54.0. The number of nitrogens with zero attached hydrogens (tertiary/aromatic N) is 2. The van der Waals surface area contributed by atoms with Crippen molar-refractivity contribution in [3.05, 3.63) is 174 Å². The maximum absolute atomic E-state index is 5.27. The van der Waals surface area contributed by atoms with E-state index in [0.29, 0.717) is 0 Å². The summed E-state index contributed by atoms with van der Waals surface area (Å²) in [5, 5.41) is 2.21. The van der Waals surface area contributed by atoms with Gasteiger partial charge >= 0.3 is 0 Å². The Labute approximate surface area is 267 Å². The quantitative estimate of drug-likeness (QED) is 0.148. The minimum Gasteiger partial charge on any atom is -0.254 e. The lowest BCUT2D eigenvalue weighted by molar-refractivity contribution is 0.776. The first-order chi connectivity index (χ1) is 22.8. The molecule has 2 aliphatic heterocycles. The van der Waals surface area contributed by atoms with E-state index in [1.54, 1.807) is 0 Å². The first-order valence-corrected chi connectivity index (χ1v) is 16.0. The van der Waals surface area contributed by atoms with Gasteiger partial charge in [-0.1, -0.05) is 144 Å². The van der Waals surface area contributed by atoms with E-state index in [2.05, 4.69) is 140 Å². The van der Waals surface area contributed by atoms with Crippen molar-refractivity contribution in [3.63, 3.8) is 0 Å². The average Bonchev–Trinajstić information content (AvgIpc) is 3.62. The Balaban J connectivity index is 1.24. The Morgan fingerprint density at radius 3 is 2.07 bits per heavy atom. The number of fused-ring (bicyclic) bond motifs is 15. The maximum Gasteiger partial charge on any atom is 0.243 e. The van der Waals surface area contributed by atoms with Crippen LogP contribution in [0, 0.1) is 0 Å². The molecule has 4 heterocycles. The second-order valence-corrected chi connectivity index (χ2v) is 12.8. The van der Waals surface area contributed by atoms with Crippen molar-refractivity contribution >= 4 is 44.9 Å². The lowest BCUT2D eigenvalue weighted by Crippen LogP contribution is -2.59. The molecule has 0 saturated heterocycles. The third-order valence-corrected chi connectivity index (χ3v) is 10.8. The smallest absolute Gasteiger partial charge is 0.243 e. The van der Waals surface area contributed by atoms with E-state index in [9.17, 15) is 0 Å². The summed E-state index contributed by atoms with van der Waals surface area (Å²) in [7, 11) is 0. The third kappa shape index (κ3) is 2.89. The second kappa shape index (κ2) is 8.68. The molecule has 1 aliphatic carbocycles. The molecule has 0 radical (unpaired) electrons. The molecule has 2 aromatic heterocycles. The standard InChI is InChI=1S/C43H25BN2/c1-3-13-33-29(10-1)30-22-20-28(39-23-21-27-19-18-26-9-8-24-45-41(26)42(27)46-39)25-36(30)43(33)34-14-4-6-17-38(34)44-37-16-5-2-11-31(37)32-12-7-15-35(43)40(32)44/h1-25H. The fourth-order valence-corrected chi connectivity index (χ4v) is 9.05. The van der Waals surface area contributed by atoms with Crippen LogP contribution in [0.3, 0.4) is 0 Å². The molecule has 0 amide bonds. The van der Waals surface area contributed by atoms with Crippen LogP contribution < -0.4 is 16.4 Å². The van der Waals surface area contributed by atoms with Crippen molar-refractivity contribution in [1.82, 2.24) is 9.97 Å². The van der Waals surface area contributed by atoms with Gasteiger partial charge < -0.3 is 0 Å². The van der Waals surface area contributed by atoms with Crippen LogP contribution in [-0.4, -0.2) is 16.7 Å². The van der Waals surface area contributed by atoms with Crippen LogP contribution in [0.4, 0.5) is 0 Å². The van der Waals surface area contributed by atoms with Crippen LogP contribution in [0.25, 0.3) is 55.3 Å². The molecule has 6 aromatic carbocycles. The van der Waals surface area contributed by atoms with Gasteiger partial charge in [-0.25, -0.2) is 4.98 Å². The molecule has 1 spiro atoms. The average molecular weight is 580 g/mol. The lowest BCUT2D eigenvalue weighted by Gasteiger charge is -2.42. The SMILES string of the molecule is c1ccc2c(c1)B1c3ccccc3C3(c4ccccc4-c4ccc(-c5ccc6ccc7cccnc7c6n5)cc43)c3cccc-2c31. The fraction of sp³-hybridized carbons (Fsp3) is 0.0233. The number of aromatic nitrogens is 2. The van der Waals surface area contributed by atoms with Crippen LogP contribution in [-0.2, 0) is 5.41 Å². The zero-order valence-electron chi connectivity index (χ0n) is 24.9. The van der Waals surface area contributed by atoms with Gasteiger partial charge in [0.2, 0.25) is 6.71 Å². The lowest BCUT2D eigenvalue weighted by atomic mass is 9.32. The number of pyridine rings is 2. The number of rotatable bonds is 1. The summed E-state index contributed by atoms with van der Waals surface area (Å²) in [6.07, 6.45) is 1.86. The molecule has 8 aromatic rings. The largest absolute Gasteiger partial charge is 0.254 e. The minimum absolute atomic E-state index is 0.228. The number of hydrogen-bond acceptors (Lipinski definition) is 2. The Bertz CT molecular complexity index is 2620. The van der Waals surface area contributed by atoms with Gasteiger partial charge in [0.1, 0.15) is 0 Å². The van der Waals surface area contributed by atoms with Gasteiger partial charge in [0, 0.05) is 22.5 Å². The molecule has 1 unspecified atom stereocenters. The van der Waals surface area contributed by atoms with Gasteiger partial charge in [0.25, 0.3) is 0 Å². The zero-order valence-corrected chi connectivity index (χ0v) is 24.9. The van der Waals surface area contributed by atoms with Crippen LogP contribution in [0.15, 0.2) is 152 Å². The summed E-state index contributed by atoms with van der Waals surface area (Å²) in [6.45, 7) is 0.228. The zero-order chi connectivity index (χ0) is 30.0. The van der Waals surface area contributed by atoms with Crippen LogP contribution in [0.2, 0.25) is 0 Å². The highest BCUT2D eigenvalue weighted by molar-refractivity contribution is 7.00. The molecule has 0 saturated carbocycles. The molecule has 3 heteroatoms. The van der Waals surface area contributed by atoms with E-state index in [0.717, 1.165) is 33.1 Å². The van der Waals surface area contributed by atoms with Gasteiger partial charge in [-0.05, 0) is 62.7 Å². The van der Waals surface area contributed by atoms with Crippen LogP contribution >= 0.6 is 0 Å². The van der Waals surface area contributed by atoms with Gasteiger partial charge in [-0.15, -0.1) is 0 Å². The summed E-state index contributed by atoms with van der Waals surface area (Å²) in [5.41, 5.74) is 18.6. The molecular formula is C43H25BN2. The molecule has 210 valence electrons. The molecule has 0 N–H and O–H groups in total. The van der Waals surface area contributed by atoms with Gasteiger partial charge in [0.05, 0.1) is 22.1 Å². The summed E-state index contributed by atoms with van der Waals surface area (Å²) >= 11 is 0. The Hall–Kier alpha value is -5.80. The molecule has 46 heavy (non-hydrogen) atoms. The molecular weight excluding hydrogens is 555 g/mol. The van der Waals surface area contributed by atoms with E-state index in [1.807, 2.05) is 12.3 Å². The first kappa shape index (κ1) is 24.5. The molecule has 0 bridgehead atoms. The highest BCUT2D eigenvalue weighted by Gasteiger charge is 2.54. The summed E-state index contributed by atoms with van der Waals surface area (Å²) in [5.74, 6) is 0. The second-order valence-electron chi connectivity index (χ2n) is 12.8. The van der Waals surface area contributed by atoms with Crippen LogP contribution in [0.5, 0.6) is 0 Å². The molecule has 3 aliphatic rings. The van der Waals surface area contributed by atoms with Crippen molar-refractivity contribution in [2.75, 3.05) is 0 Å².